The molecule has 0 unspecified atom stereocenters. The molecule has 3 aromatic rings. The zero-order valence-electron chi connectivity index (χ0n) is 11.6. The average Bonchev–Trinajstić information content (AvgIpc) is 2.89. The van der Waals surface area contributed by atoms with Gasteiger partial charge >= 0.3 is 6.03 Å². The van der Waals surface area contributed by atoms with Crippen molar-refractivity contribution in [2.24, 2.45) is 0 Å². The first-order chi connectivity index (χ1) is 11.1. The number of benzene rings is 2. The van der Waals surface area contributed by atoms with Crippen LogP contribution < -0.4 is 10.6 Å². The van der Waals surface area contributed by atoms with E-state index < -0.39 is 6.03 Å². The van der Waals surface area contributed by atoms with Crippen LogP contribution in [0.5, 0.6) is 0 Å². The minimum atomic E-state index is -0.522. The van der Waals surface area contributed by atoms with Gasteiger partial charge in [0.1, 0.15) is 17.3 Å². The molecule has 2 amide bonds. The SMILES string of the molecule is N#Cc1oc2ccccc2c1NC(=O)Nc1ccc(Cl)c(Cl)c1. The number of nitrogens with one attached hydrogen (secondary N) is 2. The lowest BCUT2D eigenvalue weighted by Crippen LogP contribution is -2.19. The molecule has 2 aromatic carbocycles. The highest BCUT2D eigenvalue weighted by molar-refractivity contribution is 6.42. The van der Waals surface area contributed by atoms with Gasteiger partial charge in [0.15, 0.2) is 0 Å². The standard InChI is InChI=1S/C16H9Cl2N3O2/c17-11-6-5-9(7-12(11)18)20-16(22)21-15-10-3-1-2-4-13(10)23-14(15)8-19/h1-7H,(H2,20,21,22). The van der Waals surface area contributed by atoms with Gasteiger partial charge in [0.2, 0.25) is 5.76 Å². The van der Waals surface area contributed by atoms with E-state index in [0.717, 1.165) is 0 Å². The predicted octanol–water partition coefficient (Wildman–Crippen LogP) is 5.26. The molecule has 3 rings (SSSR count). The fourth-order valence-corrected chi connectivity index (χ4v) is 2.40. The second kappa shape index (κ2) is 6.21. The summed E-state index contributed by atoms with van der Waals surface area (Å²) in [5.41, 5.74) is 1.32. The Bertz CT molecular complexity index is 944. The number of amides is 2. The van der Waals surface area contributed by atoms with Gasteiger partial charge in [-0.2, -0.15) is 5.26 Å². The zero-order chi connectivity index (χ0) is 16.4. The fraction of sp³-hybridized carbons (Fsp3) is 0. The molecule has 0 saturated carbocycles. The van der Waals surface area contributed by atoms with E-state index in [1.54, 1.807) is 36.4 Å². The van der Waals surface area contributed by atoms with Gasteiger partial charge in [0, 0.05) is 11.1 Å². The van der Waals surface area contributed by atoms with Crippen LogP contribution in [-0.4, -0.2) is 6.03 Å². The van der Waals surface area contributed by atoms with Gasteiger partial charge in [-0.15, -0.1) is 0 Å². The number of carbonyl (C=O) groups is 1. The maximum absolute atomic E-state index is 12.1. The van der Waals surface area contributed by atoms with Gasteiger partial charge in [-0.3, -0.25) is 0 Å². The molecule has 0 bridgehead atoms. The van der Waals surface area contributed by atoms with Crippen LogP contribution in [-0.2, 0) is 0 Å². The van der Waals surface area contributed by atoms with Crippen LogP contribution in [0, 0.1) is 11.3 Å². The number of anilines is 2. The van der Waals surface area contributed by atoms with Crippen molar-refractivity contribution < 1.29 is 9.21 Å². The van der Waals surface area contributed by atoms with Crippen LogP contribution in [0.15, 0.2) is 46.9 Å². The predicted molar refractivity (Wildman–Crippen MR) is 90.0 cm³/mol. The molecular formula is C16H9Cl2N3O2. The molecule has 0 aliphatic carbocycles. The van der Waals surface area contributed by atoms with E-state index in [9.17, 15) is 4.79 Å². The number of hydrogen-bond acceptors (Lipinski definition) is 3. The number of hydrogen-bond donors (Lipinski definition) is 2. The quantitative estimate of drug-likeness (QED) is 0.665. The summed E-state index contributed by atoms with van der Waals surface area (Å²) in [4.78, 5) is 12.1. The van der Waals surface area contributed by atoms with Crippen LogP contribution in [0.3, 0.4) is 0 Å². The number of nitrogens with zero attached hydrogens (tertiary/aromatic N) is 1. The maximum atomic E-state index is 12.1. The molecule has 0 atom stereocenters. The van der Waals surface area contributed by atoms with Gasteiger partial charge in [-0.1, -0.05) is 35.3 Å². The molecule has 0 spiro atoms. The molecule has 0 radical (unpaired) electrons. The smallest absolute Gasteiger partial charge is 0.323 e. The second-order valence-electron chi connectivity index (χ2n) is 4.62. The normalized spacial score (nSPS) is 10.3. The molecule has 1 aromatic heterocycles. The summed E-state index contributed by atoms with van der Waals surface area (Å²) in [5.74, 6) is 0.0375. The highest BCUT2D eigenvalue weighted by Crippen LogP contribution is 2.30. The third-order valence-electron chi connectivity index (χ3n) is 3.11. The number of furan rings is 1. The van der Waals surface area contributed by atoms with Gasteiger partial charge in [0.25, 0.3) is 0 Å². The summed E-state index contributed by atoms with van der Waals surface area (Å²) in [7, 11) is 0. The summed E-state index contributed by atoms with van der Waals surface area (Å²) in [6.07, 6.45) is 0. The van der Waals surface area contributed by atoms with E-state index in [-0.39, 0.29) is 5.76 Å². The first-order valence-electron chi connectivity index (χ1n) is 6.53. The summed E-state index contributed by atoms with van der Waals surface area (Å²) >= 11 is 11.7. The number of fused-ring (bicyclic) bond motifs is 1. The van der Waals surface area contributed by atoms with E-state index in [4.69, 9.17) is 32.9 Å². The van der Waals surface area contributed by atoms with Crippen molar-refractivity contribution in [2.45, 2.75) is 0 Å². The third kappa shape index (κ3) is 3.09. The van der Waals surface area contributed by atoms with E-state index in [1.165, 1.54) is 6.07 Å². The van der Waals surface area contributed by atoms with E-state index in [0.29, 0.717) is 32.4 Å². The molecule has 0 aliphatic heterocycles. The number of rotatable bonds is 2. The van der Waals surface area contributed by atoms with Gasteiger partial charge in [-0.05, 0) is 30.3 Å². The number of carbonyl (C=O) groups excluding carboxylic acids is 1. The van der Waals surface area contributed by atoms with Gasteiger partial charge in [0.05, 0.1) is 10.0 Å². The third-order valence-corrected chi connectivity index (χ3v) is 3.85. The van der Waals surface area contributed by atoms with Crippen LogP contribution in [0.4, 0.5) is 16.2 Å². The lowest BCUT2D eigenvalue weighted by molar-refractivity contribution is 0.262. The van der Waals surface area contributed by atoms with Crippen molar-refractivity contribution in [3.8, 4) is 6.07 Å². The molecule has 1 heterocycles. The van der Waals surface area contributed by atoms with Crippen LogP contribution in [0.25, 0.3) is 11.0 Å². The Morgan fingerprint density at radius 2 is 1.87 bits per heavy atom. The Labute approximate surface area is 141 Å². The highest BCUT2D eigenvalue weighted by Gasteiger charge is 2.16. The Morgan fingerprint density at radius 1 is 1.09 bits per heavy atom. The number of urea groups is 1. The minimum absolute atomic E-state index is 0.0375. The molecule has 0 saturated heterocycles. The second-order valence-corrected chi connectivity index (χ2v) is 5.44. The number of para-hydroxylation sites is 1. The maximum Gasteiger partial charge on any atom is 0.323 e. The van der Waals surface area contributed by atoms with Crippen molar-refractivity contribution in [3.05, 3.63) is 58.3 Å². The van der Waals surface area contributed by atoms with Gasteiger partial charge < -0.3 is 15.1 Å². The molecule has 23 heavy (non-hydrogen) atoms. The van der Waals surface area contributed by atoms with Crippen molar-refractivity contribution in [3.63, 3.8) is 0 Å². The van der Waals surface area contributed by atoms with Crippen molar-refractivity contribution in [1.29, 1.82) is 5.26 Å². The van der Waals surface area contributed by atoms with Crippen molar-refractivity contribution >= 4 is 51.6 Å². The lowest BCUT2D eigenvalue weighted by atomic mass is 10.2. The highest BCUT2D eigenvalue weighted by atomic mass is 35.5. The van der Waals surface area contributed by atoms with E-state index in [2.05, 4.69) is 10.6 Å². The summed E-state index contributed by atoms with van der Waals surface area (Å²) in [5, 5.41) is 15.8. The van der Waals surface area contributed by atoms with E-state index in [1.807, 2.05) is 6.07 Å². The first kappa shape index (κ1) is 15.2. The summed E-state index contributed by atoms with van der Waals surface area (Å²) < 4.78 is 5.39. The summed E-state index contributed by atoms with van der Waals surface area (Å²) in [6, 6.07) is 13.2. The van der Waals surface area contributed by atoms with Gasteiger partial charge in [-0.25, -0.2) is 4.79 Å². The van der Waals surface area contributed by atoms with Crippen molar-refractivity contribution in [2.75, 3.05) is 10.6 Å². The number of nitriles is 1. The van der Waals surface area contributed by atoms with E-state index >= 15 is 0 Å². The van der Waals surface area contributed by atoms with Crippen LogP contribution >= 0.6 is 23.2 Å². The Balaban J connectivity index is 1.85. The van der Waals surface area contributed by atoms with Crippen molar-refractivity contribution in [1.82, 2.24) is 0 Å². The molecule has 2 N–H and O–H groups in total. The monoisotopic (exact) mass is 345 g/mol. The Hall–Kier alpha value is -2.68. The number of halogens is 2. The molecule has 7 heteroatoms. The average molecular weight is 346 g/mol. The minimum Gasteiger partial charge on any atom is -0.443 e. The molecule has 114 valence electrons. The molecule has 0 aliphatic rings. The molecular weight excluding hydrogens is 337 g/mol. The lowest BCUT2D eigenvalue weighted by Gasteiger charge is -2.07. The topological polar surface area (TPSA) is 78.1 Å². The zero-order valence-corrected chi connectivity index (χ0v) is 13.1. The largest absolute Gasteiger partial charge is 0.443 e. The first-order valence-corrected chi connectivity index (χ1v) is 7.29. The fourth-order valence-electron chi connectivity index (χ4n) is 2.10. The van der Waals surface area contributed by atoms with Crippen LogP contribution in [0.1, 0.15) is 5.76 Å². The Kier molecular flexibility index (Phi) is 4.11. The molecule has 0 fully saturated rings. The molecule has 5 nitrogen and oxygen atoms in total. The summed E-state index contributed by atoms with van der Waals surface area (Å²) in [6.45, 7) is 0. The van der Waals surface area contributed by atoms with Crippen LogP contribution in [0.2, 0.25) is 10.0 Å². The Morgan fingerprint density at radius 3 is 2.61 bits per heavy atom.